The minimum atomic E-state index is -5.77. The van der Waals surface area contributed by atoms with E-state index in [1.165, 1.54) is 0 Å². The topological polar surface area (TPSA) is 293 Å². The molecule has 0 aromatic carbocycles. The molecule has 0 bridgehead atoms. The maximum Gasteiger partial charge on any atom is 0.490 e. The van der Waals surface area contributed by atoms with Crippen LogP contribution in [-0.2, 0) is 31.6 Å². The van der Waals surface area contributed by atoms with Crippen molar-refractivity contribution in [2.75, 3.05) is 13.2 Å². The summed E-state index contributed by atoms with van der Waals surface area (Å²) in [6.45, 7) is -1.95. The van der Waals surface area contributed by atoms with E-state index in [4.69, 9.17) is 24.9 Å². The average Bonchev–Trinajstić information content (AvgIpc) is 2.96. The number of nitrogens with one attached hydrogen (secondary N) is 1. The van der Waals surface area contributed by atoms with Crippen LogP contribution in [0.5, 0.6) is 0 Å². The zero-order chi connectivity index (χ0) is 24.4. The summed E-state index contributed by atoms with van der Waals surface area (Å²) in [6.07, 6.45) is -2.14. The van der Waals surface area contributed by atoms with Gasteiger partial charge in [-0.2, -0.15) is 8.62 Å². The van der Waals surface area contributed by atoms with Gasteiger partial charge in [0, 0.05) is 23.6 Å². The first-order valence-electron chi connectivity index (χ1n) is 8.04. The lowest BCUT2D eigenvalue weighted by molar-refractivity contribution is -0.0403. The van der Waals surface area contributed by atoms with E-state index in [0.717, 1.165) is 16.8 Å². The number of aliphatic hydroxyl groups excluding tert-OH is 1. The quantitative estimate of drug-likeness (QED) is 0.0948. The summed E-state index contributed by atoms with van der Waals surface area (Å²) in [5.41, 5.74) is 5.31. The molecular weight excluding hydrogens is 507 g/mol. The van der Waals surface area contributed by atoms with Gasteiger partial charge in [-0.1, -0.05) is 5.11 Å². The highest BCUT2D eigenvalue weighted by Gasteiger charge is 2.50. The summed E-state index contributed by atoms with van der Waals surface area (Å²) in [4.78, 5) is 63.4. The van der Waals surface area contributed by atoms with Crippen molar-refractivity contribution in [3.63, 3.8) is 0 Å². The van der Waals surface area contributed by atoms with Crippen LogP contribution in [0.4, 0.5) is 0 Å². The van der Waals surface area contributed by atoms with Crippen LogP contribution in [0, 0.1) is 0 Å². The maximum absolute atomic E-state index is 12.0. The van der Waals surface area contributed by atoms with Crippen molar-refractivity contribution >= 4 is 23.5 Å². The van der Waals surface area contributed by atoms with Crippen LogP contribution in [0.2, 0.25) is 0 Å². The molecule has 32 heavy (non-hydrogen) atoms. The molecule has 0 spiro atoms. The van der Waals surface area contributed by atoms with E-state index in [1.54, 1.807) is 0 Å². The number of azide groups is 1. The zero-order valence-electron chi connectivity index (χ0n) is 15.5. The third kappa shape index (κ3) is 6.91. The van der Waals surface area contributed by atoms with Gasteiger partial charge >= 0.3 is 29.2 Å². The molecular formula is C10H16N5O14P3. The highest BCUT2D eigenvalue weighted by molar-refractivity contribution is 7.66. The van der Waals surface area contributed by atoms with Crippen molar-refractivity contribution in [3.8, 4) is 0 Å². The van der Waals surface area contributed by atoms with Crippen LogP contribution in [0.15, 0.2) is 27.0 Å². The highest BCUT2D eigenvalue weighted by Crippen LogP contribution is 2.66. The van der Waals surface area contributed by atoms with Gasteiger partial charge in [0.2, 0.25) is 0 Å². The summed E-state index contributed by atoms with van der Waals surface area (Å²) >= 11 is 0. The number of nitrogens with zero attached hydrogens (tertiary/aromatic N) is 4. The molecule has 0 radical (unpaired) electrons. The SMILES string of the molecule is [N-]=[N+]=N[C@]1(CO)C[C@H](n2ccc(=O)[nH]c2=O)O[C@@H]1COP(=O)(O)OP(=O)(O)OP(=O)(O)O. The van der Waals surface area contributed by atoms with Crippen LogP contribution in [0.3, 0.4) is 0 Å². The Morgan fingerprint density at radius 3 is 2.44 bits per heavy atom. The van der Waals surface area contributed by atoms with Crippen molar-refractivity contribution in [1.82, 2.24) is 9.55 Å². The number of hydrogen-bond donors (Lipinski definition) is 6. The first-order chi connectivity index (χ1) is 14.6. The number of rotatable bonds is 10. The van der Waals surface area contributed by atoms with E-state index in [9.17, 15) is 33.3 Å². The second-order valence-electron chi connectivity index (χ2n) is 6.14. The number of phosphoric acid groups is 3. The summed E-state index contributed by atoms with van der Waals surface area (Å²) in [5, 5.41) is 13.1. The number of aromatic amines is 1. The highest BCUT2D eigenvalue weighted by atomic mass is 31.3. The fourth-order valence-corrected chi connectivity index (χ4v) is 5.69. The Balaban J connectivity index is 2.24. The molecule has 0 amide bonds. The van der Waals surface area contributed by atoms with Gasteiger partial charge in [0.1, 0.15) is 11.8 Å². The van der Waals surface area contributed by atoms with Gasteiger partial charge in [0.25, 0.3) is 5.56 Å². The van der Waals surface area contributed by atoms with Crippen molar-refractivity contribution in [1.29, 1.82) is 0 Å². The fourth-order valence-electron chi connectivity index (χ4n) is 2.67. The van der Waals surface area contributed by atoms with Crippen LogP contribution in [-0.4, -0.2) is 59.1 Å². The second-order valence-corrected chi connectivity index (χ2v) is 10.6. The van der Waals surface area contributed by atoms with E-state index >= 15 is 0 Å². The molecule has 1 aromatic rings. The molecule has 1 aliphatic rings. The third-order valence-corrected chi connectivity index (χ3v) is 7.74. The molecule has 19 nitrogen and oxygen atoms in total. The Bertz CT molecular complexity index is 1150. The molecule has 2 rings (SSSR count). The number of ether oxygens (including phenoxy) is 1. The van der Waals surface area contributed by atoms with Gasteiger partial charge in [0.05, 0.1) is 19.3 Å². The zero-order valence-corrected chi connectivity index (χ0v) is 18.2. The van der Waals surface area contributed by atoms with Crippen LogP contribution in [0.25, 0.3) is 10.4 Å². The molecule has 5 atom stereocenters. The number of aliphatic hydroxyl groups is 1. The summed E-state index contributed by atoms with van der Waals surface area (Å²) < 4.78 is 51.8. The lowest BCUT2D eigenvalue weighted by Crippen LogP contribution is -2.42. The Hall–Kier alpha value is -1.68. The van der Waals surface area contributed by atoms with E-state index in [0.29, 0.717) is 0 Å². The van der Waals surface area contributed by atoms with Gasteiger partial charge in [-0.25, -0.2) is 18.5 Å². The molecule has 2 unspecified atom stereocenters. The van der Waals surface area contributed by atoms with Crippen molar-refractivity contribution in [3.05, 3.63) is 43.5 Å². The molecule has 1 aromatic heterocycles. The minimum absolute atomic E-state index is 0.371. The number of aromatic nitrogens is 2. The summed E-state index contributed by atoms with van der Waals surface area (Å²) in [5.74, 6) is 0. The number of H-pyrrole nitrogens is 1. The fraction of sp³-hybridized carbons (Fsp3) is 0.600. The normalized spacial score (nSPS) is 27.3. The van der Waals surface area contributed by atoms with Crippen LogP contribution < -0.4 is 11.2 Å². The Kier molecular flexibility index (Phi) is 8.03. The minimum Gasteiger partial charge on any atom is -0.396 e. The first kappa shape index (κ1) is 26.6. The average molecular weight is 523 g/mol. The van der Waals surface area contributed by atoms with E-state index in [2.05, 4.69) is 23.2 Å². The largest absolute Gasteiger partial charge is 0.490 e. The molecule has 1 aliphatic heterocycles. The first-order valence-corrected chi connectivity index (χ1v) is 12.6. The smallest absolute Gasteiger partial charge is 0.396 e. The molecule has 6 N–H and O–H groups in total. The maximum atomic E-state index is 12.0. The number of hydrogen-bond acceptors (Lipinski definition) is 11. The molecule has 1 fully saturated rings. The van der Waals surface area contributed by atoms with E-state index in [1.807, 2.05) is 4.98 Å². The van der Waals surface area contributed by atoms with Crippen molar-refractivity contribution in [2.24, 2.45) is 5.11 Å². The van der Waals surface area contributed by atoms with Gasteiger partial charge in [-0.05, 0) is 5.53 Å². The third-order valence-electron chi connectivity index (χ3n) is 3.93. The molecule has 0 saturated carbocycles. The lowest BCUT2D eigenvalue weighted by atomic mass is 9.93. The van der Waals surface area contributed by atoms with Crippen LogP contribution in [0.1, 0.15) is 12.6 Å². The van der Waals surface area contributed by atoms with Gasteiger partial charge in [-0.3, -0.25) is 18.9 Å². The number of phosphoric ester groups is 1. The molecule has 2 heterocycles. The Morgan fingerprint density at radius 2 is 1.91 bits per heavy atom. The van der Waals surface area contributed by atoms with Gasteiger partial charge < -0.3 is 29.4 Å². The predicted molar refractivity (Wildman–Crippen MR) is 98.6 cm³/mol. The summed E-state index contributed by atoms with van der Waals surface area (Å²) in [7, 11) is -16.9. The Labute approximate surface area is 176 Å². The standard InChI is InChI=1S/C10H16N5O14P3/c11-14-13-10(5-16)3-8(15-2-1-7(17)12-9(15)18)27-6(10)4-26-31(22,23)29-32(24,25)28-30(19,20)21/h1-2,6,8,16H,3-5H2,(H,22,23)(H,24,25)(H,12,17,18)(H2,19,20,21)/t6-,8-,10+/m1/s1. The molecule has 1 saturated heterocycles. The van der Waals surface area contributed by atoms with Crippen molar-refractivity contribution < 1.29 is 56.3 Å². The second kappa shape index (κ2) is 9.67. The van der Waals surface area contributed by atoms with Crippen molar-refractivity contribution in [2.45, 2.75) is 24.3 Å². The van der Waals surface area contributed by atoms with Gasteiger partial charge in [-0.15, -0.1) is 0 Å². The van der Waals surface area contributed by atoms with E-state index in [-0.39, 0.29) is 6.42 Å². The predicted octanol–water partition coefficient (Wildman–Crippen LogP) is -0.791. The lowest BCUT2D eigenvalue weighted by Gasteiger charge is -2.26. The Morgan fingerprint density at radius 1 is 1.25 bits per heavy atom. The molecule has 180 valence electrons. The van der Waals surface area contributed by atoms with E-state index < -0.39 is 65.8 Å². The molecule has 22 heteroatoms. The molecule has 0 aliphatic carbocycles. The van der Waals surface area contributed by atoms with Gasteiger partial charge in [0.15, 0.2) is 0 Å². The summed E-state index contributed by atoms with van der Waals surface area (Å²) in [6, 6.07) is 0.971. The monoisotopic (exact) mass is 523 g/mol. The van der Waals surface area contributed by atoms with Crippen LogP contribution >= 0.6 is 23.5 Å².